The van der Waals surface area contributed by atoms with Crippen LogP contribution in [-0.4, -0.2) is 20.2 Å². The van der Waals surface area contributed by atoms with Crippen molar-refractivity contribution in [2.75, 3.05) is 14.2 Å². The highest BCUT2D eigenvalue weighted by atomic mass is 79.9. The van der Waals surface area contributed by atoms with Gasteiger partial charge in [0.25, 0.3) is 0 Å². The van der Waals surface area contributed by atoms with E-state index in [4.69, 9.17) is 4.74 Å². The molecule has 0 saturated heterocycles. The molecular formula is C17H20BrNO. The number of ether oxygens (including phenoxy) is 1. The molecule has 2 nitrogen and oxygen atoms in total. The van der Waals surface area contributed by atoms with E-state index in [1.807, 2.05) is 25.2 Å². The molecule has 0 aliphatic heterocycles. The summed E-state index contributed by atoms with van der Waals surface area (Å²) >= 11 is 3.47. The standard InChI is InChI=1S/C17H20BrNO/c1-19-16(12-13-8-10-15(18)11-9-13)17(20-2)14-6-4-3-5-7-14/h3-11,16-17,19H,12H2,1-2H3. The van der Waals surface area contributed by atoms with E-state index in [2.05, 4.69) is 57.6 Å². The van der Waals surface area contributed by atoms with Crippen LogP contribution in [0.15, 0.2) is 59.1 Å². The Balaban J connectivity index is 2.15. The van der Waals surface area contributed by atoms with E-state index >= 15 is 0 Å². The second-order valence-electron chi connectivity index (χ2n) is 4.79. The lowest BCUT2D eigenvalue weighted by Gasteiger charge is -2.26. The van der Waals surface area contributed by atoms with E-state index < -0.39 is 0 Å². The maximum Gasteiger partial charge on any atom is 0.0977 e. The van der Waals surface area contributed by atoms with E-state index in [-0.39, 0.29) is 12.1 Å². The van der Waals surface area contributed by atoms with Crippen molar-refractivity contribution in [2.45, 2.75) is 18.6 Å². The Morgan fingerprint density at radius 2 is 1.70 bits per heavy atom. The van der Waals surface area contributed by atoms with E-state index in [9.17, 15) is 0 Å². The molecular weight excluding hydrogens is 314 g/mol. The monoisotopic (exact) mass is 333 g/mol. The molecule has 2 unspecified atom stereocenters. The Hall–Kier alpha value is -1.16. The minimum atomic E-state index is 0.0462. The third-order valence-corrected chi connectivity index (χ3v) is 4.02. The van der Waals surface area contributed by atoms with Crippen LogP contribution in [0.2, 0.25) is 0 Å². The summed E-state index contributed by atoms with van der Waals surface area (Å²) in [7, 11) is 3.75. The molecule has 0 aliphatic carbocycles. The van der Waals surface area contributed by atoms with Gasteiger partial charge in [-0.15, -0.1) is 0 Å². The Bertz CT molecular complexity index is 512. The van der Waals surface area contributed by atoms with Crippen LogP contribution < -0.4 is 5.32 Å². The first-order valence-corrected chi connectivity index (χ1v) is 7.53. The molecule has 0 heterocycles. The van der Waals surface area contributed by atoms with Crippen molar-refractivity contribution < 1.29 is 4.74 Å². The summed E-state index contributed by atoms with van der Waals surface area (Å²) in [6.45, 7) is 0. The van der Waals surface area contributed by atoms with E-state index in [0.29, 0.717) is 0 Å². The van der Waals surface area contributed by atoms with Gasteiger partial charge in [-0.3, -0.25) is 0 Å². The van der Waals surface area contributed by atoms with Gasteiger partial charge < -0.3 is 10.1 Å². The predicted octanol–water partition coefficient (Wildman–Crippen LogP) is 3.97. The minimum absolute atomic E-state index is 0.0462. The molecule has 0 aromatic heterocycles. The fraction of sp³-hybridized carbons (Fsp3) is 0.294. The molecule has 20 heavy (non-hydrogen) atoms. The number of likely N-dealkylation sites (N-methyl/N-ethyl adjacent to an activating group) is 1. The molecule has 0 fully saturated rings. The van der Waals surface area contributed by atoms with Gasteiger partial charge in [0.05, 0.1) is 6.10 Å². The van der Waals surface area contributed by atoms with Crippen molar-refractivity contribution in [3.63, 3.8) is 0 Å². The lowest BCUT2D eigenvalue weighted by molar-refractivity contribution is 0.0704. The second-order valence-corrected chi connectivity index (χ2v) is 5.71. The van der Waals surface area contributed by atoms with Crippen LogP contribution in [0, 0.1) is 0 Å². The SMILES string of the molecule is CNC(Cc1ccc(Br)cc1)C(OC)c1ccccc1. The summed E-state index contributed by atoms with van der Waals surface area (Å²) in [5.74, 6) is 0. The zero-order valence-electron chi connectivity index (χ0n) is 11.8. The van der Waals surface area contributed by atoms with Crippen molar-refractivity contribution >= 4 is 15.9 Å². The topological polar surface area (TPSA) is 21.3 Å². The highest BCUT2D eigenvalue weighted by Gasteiger charge is 2.21. The highest BCUT2D eigenvalue weighted by molar-refractivity contribution is 9.10. The first-order valence-electron chi connectivity index (χ1n) is 6.74. The van der Waals surface area contributed by atoms with Crippen LogP contribution >= 0.6 is 15.9 Å². The summed E-state index contributed by atoms with van der Waals surface area (Å²) in [4.78, 5) is 0. The van der Waals surface area contributed by atoms with Crippen LogP contribution in [0.1, 0.15) is 17.2 Å². The molecule has 3 heteroatoms. The van der Waals surface area contributed by atoms with Crippen molar-refractivity contribution in [3.05, 3.63) is 70.2 Å². The summed E-state index contributed by atoms with van der Waals surface area (Å²) in [6, 6.07) is 19.0. The highest BCUT2D eigenvalue weighted by Crippen LogP contribution is 2.23. The average Bonchev–Trinajstić information content (AvgIpc) is 2.50. The molecule has 0 radical (unpaired) electrons. The van der Waals surface area contributed by atoms with Gasteiger partial charge in [-0.1, -0.05) is 58.4 Å². The molecule has 0 amide bonds. The Kier molecular flexibility index (Phi) is 5.77. The quantitative estimate of drug-likeness (QED) is 0.863. The van der Waals surface area contributed by atoms with Gasteiger partial charge >= 0.3 is 0 Å². The molecule has 2 atom stereocenters. The van der Waals surface area contributed by atoms with Gasteiger partial charge in [0.2, 0.25) is 0 Å². The molecule has 2 aromatic carbocycles. The second kappa shape index (κ2) is 7.58. The molecule has 106 valence electrons. The van der Waals surface area contributed by atoms with E-state index in [0.717, 1.165) is 10.9 Å². The molecule has 0 spiro atoms. The first kappa shape index (κ1) is 15.2. The number of nitrogens with one attached hydrogen (secondary N) is 1. The molecule has 1 N–H and O–H groups in total. The predicted molar refractivity (Wildman–Crippen MR) is 86.9 cm³/mol. The third-order valence-electron chi connectivity index (χ3n) is 3.49. The van der Waals surface area contributed by atoms with Crippen LogP contribution in [0.3, 0.4) is 0 Å². The van der Waals surface area contributed by atoms with Gasteiger partial charge in [-0.2, -0.15) is 0 Å². The third kappa shape index (κ3) is 3.92. The summed E-state index contributed by atoms with van der Waals surface area (Å²) in [5.41, 5.74) is 2.50. The fourth-order valence-electron chi connectivity index (χ4n) is 2.41. The van der Waals surface area contributed by atoms with Crippen LogP contribution in [-0.2, 0) is 11.2 Å². The van der Waals surface area contributed by atoms with Gasteiger partial charge in [-0.05, 0) is 36.7 Å². The van der Waals surface area contributed by atoms with Gasteiger partial charge in [0.15, 0.2) is 0 Å². The lowest BCUT2D eigenvalue weighted by Crippen LogP contribution is -2.35. The van der Waals surface area contributed by atoms with Crippen molar-refractivity contribution in [3.8, 4) is 0 Å². The fourth-order valence-corrected chi connectivity index (χ4v) is 2.67. The Morgan fingerprint density at radius 1 is 1.05 bits per heavy atom. The van der Waals surface area contributed by atoms with E-state index in [1.54, 1.807) is 7.11 Å². The number of rotatable bonds is 6. The molecule has 0 saturated carbocycles. The van der Waals surface area contributed by atoms with Gasteiger partial charge in [0.1, 0.15) is 0 Å². The molecule has 2 rings (SSSR count). The normalized spacial score (nSPS) is 13.9. The largest absolute Gasteiger partial charge is 0.375 e. The number of hydrogen-bond donors (Lipinski definition) is 1. The molecule has 0 aliphatic rings. The number of halogens is 1. The molecule has 2 aromatic rings. The van der Waals surface area contributed by atoms with Crippen molar-refractivity contribution in [1.82, 2.24) is 5.32 Å². The van der Waals surface area contributed by atoms with Crippen molar-refractivity contribution in [2.24, 2.45) is 0 Å². The smallest absolute Gasteiger partial charge is 0.0977 e. The molecule has 0 bridgehead atoms. The van der Waals surface area contributed by atoms with Crippen LogP contribution in [0.5, 0.6) is 0 Å². The minimum Gasteiger partial charge on any atom is -0.375 e. The number of benzene rings is 2. The van der Waals surface area contributed by atoms with Crippen LogP contribution in [0.4, 0.5) is 0 Å². The summed E-state index contributed by atoms with van der Waals surface area (Å²) < 4.78 is 6.82. The average molecular weight is 334 g/mol. The summed E-state index contributed by atoms with van der Waals surface area (Å²) in [6.07, 6.45) is 0.974. The number of hydrogen-bond acceptors (Lipinski definition) is 2. The Morgan fingerprint density at radius 3 is 2.25 bits per heavy atom. The zero-order valence-corrected chi connectivity index (χ0v) is 13.4. The maximum atomic E-state index is 5.71. The van der Waals surface area contributed by atoms with Gasteiger partial charge in [-0.25, -0.2) is 0 Å². The summed E-state index contributed by atoms with van der Waals surface area (Å²) in [5, 5.41) is 3.38. The van der Waals surface area contributed by atoms with E-state index in [1.165, 1.54) is 11.1 Å². The van der Waals surface area contributed by atoms with Crippen LogP contribution in [0.25, 0.3) is 0 Å². The zero-order chi connectivity index (χ0) is 14.4. The number of methoxy groups -OCH3 is 1. The first-order chi connectivity index (χ1) is 9.74. The van der Waals surface area contributed by atoms with Crippen molar-refractivity contribution in [1.29, 1.82) is 0 Å². The van der Waals surface area contributed by atoms with Gasteiger partial charge in [0, 0.05) is 17.6 Å². The maximum absolute atomic E-state index is 5.71. The lowest BCUT2D eigenvalue weighted by atomic mass is 9.96. The Labute approximate surface area is 129 Å².